The smallest absolute Gasteiger partial charge is 0.293 e. The topological polar surface area (TPSA) is 128 Å². The standard InChI is InChI=1S/C20H24N8O2/c1-3-27-17-16(24-20(27)26-9-5-6-13(22)11-26)18(29)25(2)28(19(17)30)12-15-8-4-7-14(10-21)23-15/h4,7-8,13H,3,5-6,9,11-12,22H2,1-2H3. The molecule has 0 bridgehead atoms. The number of nitrogens with zero attached hydrogens (tertiary/aromatic N) is 7. The first kappa shape index (κ1) is 19.8. The molecule has 4 rings (SSSR count). The van der Waals surface area contributed by atoms with E-state index in [4.69, 9.17) is 11.0 Å². The average molecular weight is 408 g/mol. The third-order valence-corrected chi connectivity index (χ3v) is 5.53. The molecule has 0 radical (unpaired) electrons. The van der Waals surface area contributed by atoms with E-state index in [0.29, 0.717) is 24.7 Å². The summed E-state index contributed by atoms with van der Waals surface area (Å²) in [5.74, 6) is 0.610. The molecule has 10 heteroatoms. The Morgan fingerprint density at radius 1 is 1.27 bits per heavy atom. The summed E-state index contributed by atoms with van der Waals surface area (Å²) in [5, 5.41) is 9.07. The third-order valence-electron chi connectivity index (χ3n) is 5.53. The van der Waals surface area contributed by atoms with E-state index in [1.807, 2.05) is 13.0 Å². The number of imidazole rings is 1. The molecule has 30 heavy (non-hydrogen) atoms. The van der Waals surface area contributed by atoms with Gasteiger partial charge in [0, 0.05) is 32.7 Å². The van der Waals surface area contributed by atoms with Gasteiger partial charge in [0.1, 0.15) is 17.3 Å². The largest absolute Gasteiger partial charge is 0.341 e. The van der Waals surface area contributed by atoms with Gasteiger partial charge in [-0.1, -0.05) is 6.07 Å². The maximum absolute atomic E-state index is 13.4. The fraction of sp³-hybridized carbons (Fsp3) is 0.450. The molecule has 10 nitrogen and oxygen atoms in total. The number of rotatable bonds is 4. The van der Waals surface area contributed by atoms with Crippen molar-refractivity contribution < 1.29 is 0 Å². The number of aryl methyl sites for hydroxylation is 1. The van der Waals surface area contributed by atoms with Gasteiger partial charge >= 0.3 is 0 Å². The lowest BCUT2D eigenvalue weighted by molar-refractivity contribution is 0.492. The average Bonchev–Trinajstić information content (AvgIpc) is 3.15. The first-order valence-electron chi connectivity index (χ1n) is 10.0. The molecule has 156 valence electrons. The zero-order chi connectivity index (χ0) is 21.4. The second-order valence-corrected chi connectivity index (χ2v) is 7.52. The number of aromatic nitrogens is 5. The minimum absolute atomic E-state index is 0.0434. The highest BCUT2D eigenvalue weighted by Crippen LogP contribution is 2.22. The van der Waals surface area contributed by atoms with E-state index in [1.54, 1.807) is 29.8 Å². The van der Waals surface area contributed by atoms with Crippen molar-refractivity contribution in [1.82, 2.24) is 23.9 Å². The van der Waals surface area contributed by atoms with Crippen molar-refractivity contribution in [2.75, 3.05) is 18.0 Å². The van der Waals surface area contributed by atoms with E-state index in [0.717, 1.165) is 19.4 Å². The molecule has 0 saturated carbocycles. The van der Waals surface area contributed by atoms with Crippen LogP contribution in [0, 0.1) is 11.3 Å². The third kappa shape index (κ3) is 3.27. The Morgan fingerprint density at radius 3 is 2.77 bits per heavy atom. The maximum Gasteiger partial charge on any atom is 0.293 e. The molecule has 0 amide bonds. The van der Waals surface area contributed by atoms with Crippen molar-refractivity contribution in [3.63, 3.8) is 0 Å². The van der Waals surface area contributed by atoms with Gasteiger partial charge in [0.2, 0.25) is 5.95 Å². The molecule has 1 atom stereocenters. The maximum atomic E-state index is 13.4. The van der Waals surface area contributed by atoms with Crippen LogP contribution in [-0.2, 0) is 20.1 Å². The molecule has 1 aliphatic rings. The quantitative estimate of drug-likeness (QED) is 0.651. The lowest BCUT2D eigenvalue weighted by Crippen LogP contribution is -2.44. The van der Waals surface area contributed by atoms with Crippen molar-refractivity contribution in [3.05, 3.63) is 50.3 Å². The Bertz CT molecular complexity index is 1260. The number of pyridine rings is 1. The Kier molecular flexibility index (Phi) is 5.13. The van der Waals surface area contributed by atoms with Gasteiger partial charge in [0.05, 0.1) is 12.2 Å². The zero-order valence-corrected chi connectivity index (χ0v) is 17.1. The summed E-state index contributed by atoms with van der Waals surface area (Å²) < 4.78 is 4.41. The highest BCUT2D eigenvalue weighted by molar-refractivity contribution is 5.77. The van der Waals surface area contributed by atoms with Gasteiger partial charge in [0.25, 0.3) is 11.1 Å². The summed E-state index contributed by atoms with van der Waals surface area (Å²) in [6, 6.07) is 7.05. The number of anilines is 1. The van der Waals surface area contributed by atoms with Crippen LogP contribution in [-0.4, -0.2) is 43.0 Å². The lowest BCUT2D eigenvalue weighted by atomic mass is 10.1. The fourth-order valence-corrected chi connectivity index (χ4v) is 4.02. The number of hydrogen-bond donors (Lipinski definition) is 1. The second-order valence-electron chi connectivity index (χ2n) is 7.52. The Hall–Kier alpha value is -3.45. The molecular weight excluding hydrogens is 384 g/mol. The van der Waals surface area contributed by atoms with Gasteiger partial charge in [-0.25, -0.2) is 19.3 Å². The number of nitriles is 1. The zero-order valence-electron chi connectivity index (χ0n) is 17.1. The molecule has 1 saturated heterocycles. The fourth-order valence-electron chi connectivity index (χ4n) is 4.02. The van der Waals surface area contributed by atoms with E-state index in [-0.39, 0.29) is 40.4 Å². The SMILES string of the molecule is CCn1c(N2CCCC(N)C2)nc2c(=O)n(C)n(Cc3cccc(C#N)n3)c(=O)c21. The van der Waals surface area contributed by atoms with E-state index < -0.39 is 0 Å². The van der Waals surface area contributed by atoms with Gasteiger partial charge in [-0.3, -0.25) is 9.59 Å². The summed E-state index contributed by atoms with van der Waals surface area (Å²) in [5.41, 5.74) is 6.68. The summed E-state index contributed by atoms with van der Waals surface area (Å²) in [6.45, 7) is 3.93. The number of fused-ring (bicyclic) bond motifs is 1. The van der Waals surface area contributed by atoms with Crippen LogP contribution in [0.15, 0.2) is 27.8 Å². The van der Waals surface area contributed by atoms with E-state index in [1.165, 1.54) is 9.36 Å². The molecule has 0 aromatic carbocycles. The first-order valence-corrected chi connectivity index (χ1v) is 10.0. The monoisotopic (exact) mass is 408 g/mol. The van der Waals surface area contributed by atoms with Crippen LogP contribution in [0.1, 0.15) is 31.2 Å². The van der Waals surface area contributed by atoms with Gasteiger partial charge < -0.3 is 15.2 Å². The molecule has 3 aromatic rings. The molecule has 3 aromatic heterocycles. The Morgan fingerprint density at radius 2 is 2.07 bits per heavy atom. The van der Waals surface area contributed by atoms with Crippen molar-refractivity contribution >= 4 is 17.0 Å². The number of nitrogens with two attached hydrogens (primary N) is 1. The predicted molar refractivity (Wildman–Crippen MR) is 112 cm³/mol. The molecule has 1 aliphatic heterocycles. The van der Waals surface area contributed by atoms with Gasteiger partial charge in [-0.15, -0.1) is 0 Å². The van der Waals surface area contributed by atoms with E-state index in [9.17, 15) is 9.59 Å². The summed E-state index contributed by atoms with van der Waals surface area (Å²) in [6.07, 6.45) is 1.89. The minimum atomic E-state index is -0.351. The van der Waals surface area contributed by atoms with Gasteiger partial charge in [-0.05, 0) is 31.9 Å². The number of piperidine rings is 1. The van der Waals surface area contributed by atoms with E-state index >= 15 is 0 Å². The summed E-state index contributed by atoms with van der Waals surface area (Å²) >= 11 is 0. The van der Waals surface area contributed by atoms with Gasteiger partial charge in [0.15, 0.2) is 5.52 Å². The highest BCUT2D eigenvalue weighted by Gasteiger charge is 2.26. The van der Waals surface area contributed by atoms with Crippen molar-refractivity contribution in [2.24, 2.45) is 12.8 Å². The van der Waals surface area contributed by atoms with Gasteiger partial charge in [-0.2, -0.15) is 5.26 Å². The molecule has 4 heterocycles. The molecule has 2 N–H and O–H groups in total. The van der Waals surface area contributed by atoms with Crippen LogP contribution in [0.5, 0.6) is 0 Å². The second kappa shape index (κ2) is 7.76. The molecule has 1 unspecified atom stereocenters. The molecular formula is C20H24N8O2. The van der Waals surface area contributed by atoms with Crippen LogP contribution in [0.3, 0.4) is 0 Å². The molecule has 0 aliphatic carbocycles. The van der Waals surface area contributed by atoms with Crippen LogP contribution in [0.4, 0.5) is 5.95 Å². The predicted octanol–water partition coefficient (Wildman–Crippen LogP) is 0.159. The summed E-state index contributed by atoms with van der Waals surface area (Å²) in [4.78, 5) is 37.3. The minimum Gasteiger partial charge on any atom is -0.341 e. The van der Waals surface area contributed by atoms with Crippen LogP contribution in [0.25, 0.3) is 11.0 Å². The van der Waals surface area contributed by atoms with Crippen LogP contribution in [0.2, 0.25) is 0 Å². The molecule has 0 spiro atoms. The summed E-state index contributed by atoms with van der Waals surface area (Å²) in [7, 11) is 1.54. The highest BCUT2D eigenvalue weighted by atomic mass is 16.2. The van der Waals surface area contributed by atoms with Crippen molar-refractivity contribution in [2.45, 2.75) is 38.9 Å². The molecule has 1 fully saturated rings. The van der Waals surface area contributed by atoms with Crippen LogP contribution < -0.4 is 21.8 Å². The number of hydrogen-bond acceptors (Lipinski definition) is 7. The van der Waals surface area contributed by atoms with Crippen LogP contribution >= 0.6 is 0 Å². The Labute approximate surface area is 172 Å². The van der Waals surface area contributed by atoms with E-state index in [2.05, 4.69) is 14.9 Å². The Balaban J connectivity index is 1.88. The lowest BCUT2D eigenvalue weighted by Gasteiger charge is -2.31. The van der Waals surface area contributed by atoms with Crippen molar-refractivity contribution in [3.8, 4) is 6.07 Å². The van der Waals surface area contributed by atoms with Crippen molar-refractivity contribution in [1.29, 1.82) is 5.26 Å². The normalized spacial score (nSPS) is 16.7. The first-order chi connectivity index (χ1) is 14.4.